The Kier molecular flexibility index (Phi) is 4.19. The van der Waals surface area contributed by atoms with Crippen molar-refractivity contribution in [2.45, 2.75) is 26.7 Å². The van der Waals surface area contributed by atoms with Crippen molar-refractivity contribution in [3.05, 3.63) is 28.8 Å². The van der Waals surface area contributed by atoms with Crippen molar-refractivity contribution >= 4 is 43.6 Å². The van der Waals surface area contributed by atoms with Crippen LogP contribution in [0.1, 0.15) is 35.6 Å². The number of Topliss-reactive ketones (excluding diaryl/α,β-unsaturated/α-hetero) is 1. The van der Waals surface area contributed by atoms with Crippen LogP contribution in [-0.4, -0.2) is 38.6 Å². The standard InChI is InChI=1S/C18H21N3O4S2/c1-18(2)9-12-16(14(22)10-18)26-17(19-12)21-6-7-25-15-8-11(4-5-13(15)21)20-27(3,23)24/h4-5,8,20H,6-7,9-10H2,1-3H3. The number of nitrogens with one attached hydrogen (secondary N) is 1. The van der Waals surface area contributed by atoms with Crippen molar-refractivity contribution in [3.63, 3.8) is 0 Å². The van der Waals surface area contributed by atoms with Crippen molar-refractivity contribution in [1.82, 2.24) is 4.98 Å². The number of carbonyl (C=O) groups excluding carboxylic acids is 1. The first-order chi connectivity index (χ1) is 12.6. The van der Waals surface area contributed by atoms with Crippen LogP contribution in [-0.2, 0) is 16.4 Å². The van der Waals surface area contributed by atoms with Crippen LogP contribution in [0.3, 0.4) is 0 Å². The molecule has 2 aliphatic rings. The number of benzene rings is 1. The molecule has 0 amide bonds. The van der Waals surface area contributed by atoms with Crippen molar-refractivity contribution in [2.75, 3.05) is 29.0 Å². The summed E-state index contributed by atoms with van der Waals surface area (Å²) in [7, 11) is -3.36. The summed E-state index contributed by atoms with van der Waals surface area (Å²) < 4.78 is 31.1. The highest BCUT2D eigenvalue weighted by molar-refractivity contribution is 7.92. The van der Waals surface area contributed by atoms with E-state index < -0.39 is 10.0 Å². The maximum absolute atomic E-state index is 12.5. The van der Waals surface area contributed by atoms with Gasteiger partial charge in [-0.05, 0) is 24.0 Å². The summed E-state index contributed by atoms with van der Waals surface area (Å²) >= 11 is 1.43. The van der Waals surface area contributed by atoms with Crippen LogP contribution in [0.25, 0.3) is 0 Å². The fraction of sp³-hybridized carbons (Fsp3) is 0.444. The number of rotatable bonds is 3. The molecule has 0 radical (unpaired) electrons. The number of thiazole rings is 1. The van der Waals surface area contributed by atoms with Crippen molar-refractivity contribution in [2.24, 2.45) is 5.41 Å². The minimum atomic E-state index is -3.36. The van der Waals surface area contributed by atoms with Gasteiger partial charge in [-0.1, -0.05) is 25.2 Å². The summed E-state index contributed by atoms with van der Waals surface area (Å²) in [6, 6.07) is 5.18. The second-order valence-electron chi connectivity index (χ2n) is 7.77. The molecule has 9 heteroatoms. The number of hydrogen-bond donors (Lipinski definition) is 1. The van der Waals surface area contributed by atoms with E-state index in [1.54, 1.807) is 12.1 Å². The molecule has 0 saturated heterocycles. The highest BCUT2D eigenvalue weighted by atomic mass is 32.2. The summed E-state index contributed by atoms with van der Waals surface area (Å²) in [5.41, 5.74) is 2.08. The Morgan fingerprint density at radius 3 is 2.81 bits per heavy atom. The maximum Gasteiger partial charge on any atom is 0.229 e. The second-order valence-corrected chi connectivity index (χ2v) is 10.5. The molecular weight excluding hydrogens is 386 g/mol. The van der Waals surface area contributed by atoms with E-state index in [-0.39, 0.29) is 11.2 Å². The molecular formula is C18H21N3O4S2. The summed E-state index contributed by atoms with van der Waals surface area (Å²) in [6.45, 7) is 5.26. The predicted octanol–water partition coefficient (Wildman–Crippen LogP) is 3.20. The maximum atomic E-state index is 12.5. The van der Waals surface area contributed by atoms with Crippen LogP contribution in [0.15, 0.2) is 18.2 Å². The quantitative estimate of drug-likeness (QED) is 0.841. The van der Waals surface area contributed by atoms with Crippen molar-refractivity contribution in [1.29, 1.82) is 0 Å². The first-order valence-corrected chi connectivity index (χ1v) is 11.4. The summed E-state index contributed by atoms with van der Waals surface area (Å²) in [4.78, 5) is 20.0. The fourth-order valence-corrected chi connectivity index (χ4v) is 5.13. The van der Waals surface area contributed by atoms with E-state index in [2.05, 4.69) is 18.6 Å². The molecule has 2 aromatic rings. The van der Waals surface area contributed by atoms with E-state index in [9.17, 15) is 13.2 Å². The summed E-state index contributed by atoms with van der Waals surface area (Å²) in [5.74, 6) is 0.751. The van der Waals surface area contributed by atoms with Crippen LogP contribution < -0.4 is 14.4 Å². The molecule has 27 heavy (non-hydrogen) atoms. The Labute approximate surface area is 162 Å². The molecule has 0 fully saturated rings. The Hall–Kier alpha value is -2.13. The molecule has 1 aromatic carbocycles. The van der Waals surface area contributed by atoms with Gasteiger partial charge in [0.2, 0.25) is 10.0 Å². The number of ether oxygens (including phenoxy) is 1. The molecule has 1 aromatic heterocycles. The lowest BCUT2D eigenvalue weighted by Crippen LogP contribution is -2.28. The van der Waals surface area contributed by atoms with Gasteiger partial charge in [0.05, 0.1) is 34.7 Å². The molecule has 1 aliphatic heterocycles. The number of carbonyl (C=O) groups is 1. The van der Waals surface area contributed by atoms with E-state index in [0.717, 1.165) is 34.1 Å². The smallest absolute Gasteiger partial charge is 0.229 e. The minimum absolute atomic E-state index is 0.0649. The summed E-state index contributed by atoms with van der Waals surface area (Å²) in [6.07, 6.45) is 2.44. The van der Waals surface area contributed by atoms with Gasteiger partial charge in [0.15, 0.2) is 10.9 Å². The van der Waals surface area contributed by atoms with Crippen LogP contribution in [0.4, 0.5) is 16.5 Å². The third-order valence-electron chi connectivity index (χ3n) is 4.58. The molecule has 7 nitrogen and oxygen atoms in total. The topological polar surface area (TPSA) is 88.6 Å². The lowest BCUT2D eigenvalue weighted by molar-refractivity contribution is 0.0916. The molecule has 0 saturated carbocycles. The highest BCUT2D eigenvalue weighted by Crippen LogP contribution is 2.44. The van der Waals surface area contributed by atoms with Gasteiger partial charge in [-0.2, -0.15) is 0 Å². The normalized spacial score (nSPS) is 18.5. The molecule has 4 rings (SSSR count). The van der Waals surface area contributed by atoms with Gasteiger partial charge >= 0.3 is 0 Å². The molecule has 1 N–H and O–H groups in total. The van der Waals surface area contributed by atoms with Crippen molar-refractivity contribution < 1.29 is 17.9 Å². The first-order valence-electron chi connectivity index (χ1n) is 8.66. The number of anilines is 3. The van der Waals surface area contributed by atoms with E-state index in [1.165, 1.54) is 11.3 Å². The van der Waals surface area contributed by atoms with Gasteiger partial charge in [-0.25, -0.2) is 13.4 Å². The first kappa shape index (κ1) is 18.2. The molecule has 0 bridgehead atoms. The minimum Gasteiger partial charge on any atom is -0.489 e. The Bertz CT molecular complexity index is 1030. The monoisotopic (exact) mass is 407 g/mol. The number of sulfonamides is 1. The Morgan fingerprint density at radius 1 is 1.30 bits per heavy atom. The molecule has 0 atom stereocenters. The average Bonchev–Trinajstić information content (AvgIpc) is 2.95. The number of ketones is 1. The lowest BCUT2D eigenvalue weighted by Gasteiger charge is -2.29. The third-order valence-corrected chi connectivity index (χ3v) is 6.35. The average molecular weight is 408 g/mol. The predicted molar refractivity (Wildman–Crippen MR) is 106 cm³/mol. The highest BCUT2D eigenvalue weighted by Gasteiger charge is 2.35. The zero-order valence-corrected chi connectivity index (χ0v) is 17.0. The Balaban J connectivity index is 1.69. The van der Waals surface area contributed by atoms with Crippen LogP contribution in [0.5, 0.6) is 5.75 Å². The van der Waals surface area contributed by atoms with Gasteiger partial charge in [0, 0.05) is 12.5 Å². The largest absolute Gasteiger partial charge is 0.489 e. The summed E-state index contributed by atoms with van der Waals surface area (Å²) in [5, 5.41) is 0.777. The number of fused-ring (bicyclic) bond motifs is 2. The lowest BCUT2D eigenvalue weighted by atomic mass is 9.78. The Morgan fingerprint density at radius 2 is 2.07 bits per heavy atom. The van der Waals surface area contributed by atoms with E-state index in [0.29, 0.717) is 31.0 Å². The van der Waals surface area contributed by atoms with Crippen LogP contribution in [0.2, 0.25) is 0 Å². The third kappa shape index (κ3) is 3.66. The van der Waals surface area contributed by atoms with E-state index in [4.69, 9.17) is 9.72 Å². The van der Waals surface area contributed by atoms with Gasteiger partial charge < -0.3 is 9.64 Å². The fourth-order valence-electron chi connectivity index (χ4n) is 3.52. The van der Waals surface area contributed by atoms with E-state index in [1.807, 2.05) is 11.0 Å². The van der Waals surface area contributed by atoms with E-state index >= 15 is 0 Å². The number of aromatic nitrogens is 1. The van der Waals surface area contributed by atoms with Gasteiger partial charge in [0.1, 0.15) is 12.4 Å². The SMILES string of the molecule is CC1(C)CC(=O)c2sc(N3CCOc4cc(NS(C)(=O)=O)ccc43)nc2C1. The van der Waals surface area contributed by atoms with Crippen molar-refractivity contribution in [3.8, 4) is 5.75 Å². The zero-order chi connectivity index (χ0) is 19.4. The van der Waals surface area contributed by atoms with Gasteiger partial charge in [-0.3, -0.25) is 9.52 Å². The molecule has 2 heterocycles. The molecule has 0 unspecified atom stereocenters. The molecule has 0 spiro atoms. The van der Waals surface area contributed by atoms with Crippen LogP contribution >= 0.6 is 11.3 Å². The zero-order valence-electron chi connectivity index (χ0n) is 15.4. The van der Waals surface area contributed by atoms with Gasteiger partial charge in [0.25, 0.3) is 0 Å². The molecule has 144 valence electrons. The second kappa shape index (κ2) is 6.20. The molecule has 1 aliphatic carbocycles. The van der Waals surface area contributed by atoms with Gasteiger partial charge in [-0.15, -0.1) is 0 Å². The number of hydrogen-bond acceptors (Lipinski definition) is 7. The van der Waals surface area contributed by atoms with Crippen LogP contribution in [0, 0.1) is 5.41 Å². The number of nitrogens with zero attached hydrogens (tertiary/aromatic N) is 2.